The zero-order valence-electron chi connectivity index (χ0n) is 19.4. The molecule has 2 aromatic carbocycles. The first-order valence-corrected chi connectivity index (χ1v) is 14.1. The fraction of sp³-hybridized carbons (Fsp3) is 0.480. The fourth-order valence-electron chi connectivity index (χ4n) is 4.42. The third-order valence-electron chi connectivity index (χ3n) is 6.33. The van der Waals surface area contributed by atoms with Gasteiger partial charge in [-0.15, -0.1) is 11.8 Å². The maximum absolute atomic E-state index is 13.2. The highest BCUT2D eigenvalue weighted by molar-refractivity contribution is 8.00. The number of hydrogen-bond acceptors (Lipinski definition) is 5. The Kier molecular flexibility index (Phi) is 7.79. The number of amides is 1. The Labute approximate surface area is 202 Å². The molecule has 2 aliphatic heterocycles. The Balaban J connectivity index is 1.37. The predicted octanol–water partition coefficient (Wildman–Crippen LogP) is 3.86. The van der Waals surface area contributed by atoms with E-state index < -0.39 is 10.0 Å². The fourth-order valence-corrected chi connectivity index (χ4v) is 6.95. The Morgan fingerprint density at radius 3 is 2.39 bits per heavy atom. The normalized spacial score (nSPS) is 20.3. The monoisotopic (exact) mass is 487 g/mol. The third-order valence-corrected chi connectivity index (χ3v) is 9.48. The van der Waals surface area contributed by atoms with Crippen LogP contribution in [0.25, 0.3) is 0 Å². The van der Waals surface area contributed by atoms with E-state index in [0.29, 0.717) is 49.4 Å². The van der Waals surface area contributed by atoms with E-state index in [-0.39, 0.29) is 5.91 Å². The van der Waals surface area contributed by atoms with Gasteiger partial charge in [0.25, 0.3) is 0 Å². The van der Waals surface area contributed by atoms with Crippen LogP contribution in [0.3, 0.4) is 0 Å². The predicted molar refractivity (Wildman–Crippen MR) is 134 cm³/mol. The highest BCUT2D eigenvalue weighted by Crippen LogP contribution is 2.37. The van der Waals surface area contributed by atoms with Crippen LogP contribution in [0.1, 0.15) is 32.3 Å². The Bertz CT molecular complexity index is 1060. The van der Waals surface area contributed by atoms with E-state index in [1.54, 1.807) is 16.4 Å². The summed E-state index contributed by atoms with van der Waals surface area (Å²) >= 11 is 1.82. The average molecular weight is 488 g/mol. The first kappa shape index (κ1) is 24.3. The van der Waals surface area contributed by atoms with Gasteiger partial charge in [-0.1, -0.05) is 44.5 Å². The molecule has 0 saturated carbocycles. The number of carbonyl (C=O) groups excluding carboxylic acids is 1. The van der Waals surface area contributed by atoms with Crippen LogP contribution >= 0.6 is 11.8 Å². The Hall–Kier alpha value is -1.87. The van der Waals surface area contributed by atoms with Crippen molar-refractivity contribution >= 4 is 33.4 Å². The standard InChI is InChI=1S/C25H33N3O3S2/c1-3-6-21-9-11-22(12-10-21)33(30,31)27-17-15-26(16-18-27)19-25(29)28-14-13-20(2)32-24-8-5-4-7-23(24)28/h4-5,7-12,20H,3,6,13-19H2,1-2H3. The molecule has 1 saturated heterocycles. The molecule has 0 aliphatic carbocycles. The molecular formula is C25H33N3O3S2. The number of carbonyl (C=O) groups is 1. The molecule has 0 N–H and O–H groups in total. The van der Waals surface area contributed by atoms with Gasteiger partial charge in [-0.05, 0) is 42.7 Å². The number of benzene rings is 2. The smallest absolute Gasteiger partial charge is 0.243 e. The number of para-hydroxylation sites is 1. The number of rotatable bonds is 6. The first-order valence-electron chi connectivity index (χ1n) is 11.8. The summed E-state index contributed by atoms with van der Waals surface area (Å²) in [6, 6.07) is 15.3. The molecule has 0 bridgehead atoms. The number of nitrogens with zero attached hydrogens (tertiary/aromatic N) is 3. The van der Waals surface area contributed by atoms with Crippen LogP contribution in [-0.4, -0.2) is 68.0 Å². The van der Waals surface area contributed by atoms with Gasteiger partial charge in [0, 0.05) is 42.9 Å². The van der Waals surface area contributed by atoms with Crippen LogP contribution in [0, 0.1) is 0 Å². The topological polar surface area (TPSA) is 60.9 Å². The lowest BCUT2D eigenvalue weighted by Gasteiger charge is -2.34. The molecule has 33 heavy (non-hydrogen) atoms. The molecule has 1 amide bonds. The second-order valence-corrected chi connectivity index (χ2v) is 12.2. The number of piperazine rings is 1. The van der Waals surface area contributed by atoms with Gasteiger partial charge < -0.3 is 4.90 Å². The summed E-state index contributed by atoms with van der Waals surface area (Å²) in [6.45, 7) is 7.25. The largest absolute Gasteiger partial charge is 0.310 e. The second-order valence-electron chi connectivity index (χ2n) is 8.80. The van der Waals surface area contributed by atoms with E-state index in [1.807, 2.05) is 47.0 Å². The number of anilines is 1. The third kappa shape index (κ3) is 5.62. The van der Waals surface area contributed by atoms with E-state index in [9.17, 15) is 13.2 Å². The van der Waals surface area contributed by atoms with Crippen LogP contribution in [0.15, 0.2) is 58.3 Å². The number of hydrogen-bond donors (Lipinski definition) is 0. The van der Waals surface area contributed by atoms with Crippen molar-refractivity contribution in [3.63, 3.8) is 0 Å². The maximum atomic E-state index is 13.2. The molecule has 6 nitrogen and oxygen atoms in total. The molecule has 2 heterocycles. The van der Waals surface area contributed by atoms with Crippen molar-refractivity contribution in [2.45, 2.75) is 48.2 Å². The van der Waals surface area contributed by atoms with Crippen molar-refractivity contribution in [1.29, 1.82) is 0 Å². The summed E-state index contributed by atoms with van der Waals surface area (Å²) in [6.07, 6.45) is 2.94. The van der Waals surface area contributed by atoms with Crippen molar-refractivity contribution in [1.82, 2.24) is 9.21 Å². The minimum absolute atomic E-state index is 0.0833. The van der Waals surface area contributed by atoms with Gasteiger partial charge >= 0.3 is 0 Å². The van der Waals surface area contributed by atoms with Gasteiger partial charge in [0.2, 0.25) is 15.9 Å². The van der Waals surface area contributed by atoms with Gasteiger partial charge in [-0.25, -0.2) is 8.42 Å². The van der Waals surface area contributed by atoms with Crippen molar-refractivity contribution in [3.8, 4) is 0 Å². The zero-order valence-corrected chi connectivity index (χ0v) is 21.1. The van der Waals surface area contributed by atoms with Crippen LogP contribution in [0.4, 0.5) is 5.69 Å². The lowest BCUT2D eigenvalue weighted by Crippen LogP contribution is -2.51. The lowest BCUT2D eigenvalue weighted by molar-refractivity contribution is -0.120. The van der Waals surface area contributed by atoms with E-state index in [1.165, 1.54) is 0 Å². The molecule has 178 valence electrons. The number of fused-ring (bicyclic) bond motifs is 1. The highest BCUT2D eigenvalue weighted by atomic mass is 32.2. The first-order chi connectivity index (χ1) is 15.9. The SMILES string of the molecule is CCCc1ccc(S(=O)(=O)N2CCN(CC(=O)N3CCC(C)Sc4ccccc43)CC2)cc1. The molecule has 2 aromatic rings. The molecule has 4 rings (SSSR count). The molecule has 0 spiro atoms. The molecule has 1 unspecified atom stereocenters. The van der Waals surface area contributed by atoms with Crippen LogP contribution in [0.5, 0.6) is 0 Å². The quantitative estimate of drug-likeness (QED) is 0.619. The molecule has 2 aliphatic rings. The van der Waals surface area contributed by atoms with Gasteiger partial charge in [0.05, 0.1) is 17.1 Å². The number of aryl methyl sites for hydroxylation is 1. The van der Waals surface area contributed by atoms with Gasteiger partial charge in [-0.2, -0.15) is 4.31 Å². The van der Waals surface area contributed by atoms with Gasteiger partial charge in [0.1, 0.15) is 0 Å². The Morgan fingerprint density at radius 1 is 1.00 bits per heavy atom. The van der Waals surface area contributed by atoms with Crippen molar-refractivity contribution < 1.29 is 13.2 Å². The van der Waals surface area contributed by atoms with E-state index >= 15 is 0 Å². The second kappa shape index (κ2) is 10.6. The number of sulfonamides is 1. The van der Waals surface area contributed by atoms with Crippen molar-refractivity contribution in [2.24, 2.45) is 0 Å². The summed E-state index contributed by atoms with van der Waals surface area (Å²) in [4.78, 5) is 18.7. The molecule has 8 heteroatoms. The maximum Gasteiger partial charge on any atom is 0.243 e. The van der Waals surface area contributed by atoms with Gasteiger partial charge in [0.15, 0.2) is 0 Å². The molecule has 1 atom stereocenters. The van der Waals surface area contributed by atoms with Crippen molar-refractivity contribution in [2.75, 3.05) is 44.2 Å². The highest BCUT2D eigenvalue weighted by Gasteiger charge is 2.31. The minimum Gasteiger partial charge on any atom is -0.310 e. The summed E-state index contributed by atoms with van der Waals surface area (Å²) in [5.74, 6) is 0.0833. The zero-order chi connectivity index (χ0) is 23.4. The van der Waals surface area contributed by atoms with E-state index in [0.717, 1.165) is 35.4 Å². The lowest BCUT2D eigenvalue weighted by atomic mass is 10.1. The summed E-state index contributed by atoms with van der Waals surface area (Å²) in [5.41, 5.74) is 2.15. The van der Waals surface area contributed by atoms with E-state index in [4.69, 9.17) is 0 Å². The Morgan fingerprint density at radius 2 is 1.70 bits per heavy atom. The molecule has 0 aromatic heterocycles. The van der Waals surface area contributed by atoms with Gasteiger partial charge in [-0.3, -0.25) is 9.69 Å². The molecule has 0 radical (unpaired) electrons. The molecule has 1 fully saturated rings. The van der Waals surface area contributed by atoms with Crippen LogP contribution in [0.2, 0.25) is 0 Å². The van der Waals surface area contributed by atoms with Crippen LogP contribution < -0.4 is 4.90 Å². The van der Waals surface area contributed by atoms with Crippen LogP contribution in [-0.2, 0) is 21.2 Å². The minimum atomic E-state index is -3.51. The number of thioether (sulfide) groups is 1. The average Bonchev–Trinajstić information content (AvgIpc) is 2.98. The molecular weight excluding hydrogens is 454 g/mol. The van der Waals surface area contributed by atoms with E-state index in [2.05, 4.69) is 24.8 Å². The summed E-state index contributed by atoms with van der Waals surface area (Å²) in [5, 5.41) is 0.466. The summed E-state index contributed by atoms with van der Waals surface area (Å²) < 4.78 is 27.7. The van der Waals surface area contributed by atoms with Crippen molar-refractivity contribution in [3.05, 3.63) is 54.1 Å². The summed E-state index contributed by atoms with van der Waals surface area (Å²) in [7, 11) is -3.51.